The van der Waals surface area contributed by atoms with Crippen LogP contribution in [0.15, 0.2) is 0 Å². The van der Waals surface area contributed by atoms with Gasteiger partial charge in [-0.1, -0.05) is 13.3 Å². The third kappa shape index (κ3) is 2.24. The van der Waals surface area contributed by atoms with Crippen molar-refractivity contribution in [1.82, 2.24) is 9.21 Å². The van der Waals surface area contributed by atoms with E-state index >= 15 is 0 Å². The Morgan fingerprint density at radius 1 is 1.42 bits per heavy atom. The summed E-state index contributed by atoms with van der Waals surface area (Å²) in [5.74, 6) is -0.807. The number of amides is 2. The molecule has 108 valence electrons. The minimum Gasteiger partial charge on any atom is -0.337 e. The van der Waals surface area contributed by atoms with Crippen LogP contribution < -0.4 is 0 Å². The van der Waals surface area contributed by atoms with Crippen molar-refractivity contribution in [2.45, 2.75) is 45.2 Å². The molecule has 0 spiro atoms. The molecule has 2 aliphatic rings. The van der Waals surface area contributed by atoms with Crippen molar-refractivity contribution >= 4 is 21.8 Å². The SMILES string of the molecule is CCCC1C(=O)N(S(C)(=O)=O)C2CCN(C(C)=O)C12. The third-order valence-electron chi connectivity index (χ3n) is 4.03. The molecular weight excluding hydrogens is 268 g/mol. The minimum absolute atomic E-state index is 0.0863. The monoisotopic (exact) mass is 288 g/mol. The number of sulfonamides is 1. The maximum absolute atomic E-state index is 12.3. The van der Waals surface area contributed by atoms with Gasteiger partial charge in [0.25, 0.3) is 0 Å². The molecule has 2 heterocycles. The van der Waals surface area contributed by atoms with Gasteiger partial charge in [0.05, 0.1) is 24.3 Å². The standard InChI is InChI=1S/C12H20N2O4S/c1-4-5-9-11-10(6-7-13(11)8(2)15)14(12(9)16)19(3,17)18/h9-11H,4-7H2,1-3H3. The zero-order valence-corrected chi connectivity index (χ0v) is 12.3. The van der Waals surface area contributed by atoms with Gasteiger partial charge in [0.1, 0.15) is 0 Å². The van der Waals surface area contributed by atoms with E-state index in [9.17, 15) is 18.0 Å². The van der Waals surface area contributed by atoms with Gasteiger partial charge in [-0.25, -0.2) is 12.7 Å². The van der Waals surface area contributed by atoms with Gasteiger partial charge in [0, 0.05) is 13.5 Å². The van der Waals surface area contributed by atoms with Crippen LogP contribution in [-0.2, 0) is 19.6 Å². The second-order valence-electron chi connectivity index (χ2n) is 5.35. The Hall–Kier alpha value is -1.11. The van der Waals surface area contributed by atoms with Crippen LogP contribution in [0.3, 0.4) is 0 Å². The molecule has 3 unspecified atom stereocenters. The lowest BCUT2D eigenvalue weighted by atomic mass is 9.94. The van der Waals surface area contributed by atoms with Crippen LogP contribution >= 0.6 is 0 Å². The Labute approximate surface area is 113 Å². The van der Waals surface area contributed by atoms with E-state index < -0.39 is 10.0 Å². The Kier molecular flexibility index (Phi) is 3.59. The quantitative estimate of drug-likeness (QED) is 0.743. The number of carbonyl (C=O) groups is 2. The molecule has 0 bridgehead atoms. The van der Waals surface area contributed by atoms with Crippen molar-refractivity contribution in [2.75, 3.05) is 12.8 Å². The van der Waals surface area contributed by atoms with Crippen LogP contribution in [0, 0.1) is 5.92 Å². The predicted octanol–water partition coefficient (Wildman–Crippen LogP) is 0.194. The van der Waals surface area contributed by atoms with Crippen LogP contribution in [0.5, 0.6) is 0 Å². The summed E-state index contributed by atoms with van der Waals surface area (Å²) >= 11 is 0. The summed E-state index contributed by atoms with van der Waals surface area (Å²) in [5, 5.41) is 0. The van der Waals surface area contributed by atoms with Crippen LogP contribution in [0.4, 0.5) is 0 Å². The van der Waals surface area contributed by atoms with Gasteiger partial charge in [0.15, 0.2) is 0 Å². The van der Waals surface area contributed by atoms with E-state index in [-0.39, 0.29) is 29.8 Å². The largest absolute Gasteiger partial charge is 0.337 e. The Bertz CT molecular complexity index is 502. The lowest BCUT2D eigenvalue weighted by Gasteiger charge is -2.26. The molecule has 2 aliphatic heterocycles. The Balaban J connectivity index is 2.40. The lowest BCUT2D eigenvalue weighted by molar-refractivity contribution is -0.132. The molecular formula is C12H20N2O4S. The topological polar surface area (TPSA) is 74.8 Å². The molecule has 0 saturated carbocycles. The Morgan fingerprint density at radius 3 is 2.53 bits per heavy atom. The zero-order valence-electron chi connectivity index (χ0n) is 11.5. The molecule has 0 N–H and O–H groups in total. The van der Waals surface area contributed by atoms with Crippen LogP contribution in [0.2, 0.25) is 0 Å². The number of rotatable bonds is 3. The first-order valence-corrected chi connectivity index (χ1v) is 8.44. The number of likely N-dealkylation sites (tertiary alicyclic amines) is 1. The summed E-state index contributed by atoms with van der Waals surface area (Å²) in [6, 6.07) is -0.650. The van der Waals surface area contributed by atoms with E-state index in [1.807, 2.05) is 6.92 Å². The zero-order chi connectivity index (χ0) is 14.4. The maximum atomic E-state index is 12.3. The number of carbonyl (C=O) groups excluding carboxylic acids is 2. The second-order valence-corrected chi connectivity index (χ2v) is 7.21. The number of nitrogens with zero attached hydrogens (tertiary/aromatic N) is 2. The molecule has 0 aromatic rings. The van der Waals surface area contributed by atoms with Crippen molar-refractivity contribution < 1.29 is 18.0 Å². The van der Waals surface area contributed by atoms with E-state index in [1.165, 1.54) is 6.92 Å². The molecule has 0 aromatic carbocycles. The van der Waals surface area contributed by atoms with E-state index in [0.29, 0.717) is 19.4 Å². The highest BCUT2D eigenvalue weighted by molar-refractivity contribution is 7.88. The fourth-order valence-electron chi connectivity index (χ4n) is 3.40. The summed E-state index contributed by atoms with van der Waals surface area (Å²) in [7, 11) is -3.56. The van der Waals surface area contributed by atoms with Gasteiger partial charge in [-0.2, -0.15) is 0 Å². The van der Waals surface area contributed by atoms with Crippen molar-refractivity contribution in [1.29, 1.82) is 0 Å². The first-order chi connectivity index (χ1) is 8.79. The van der Waals surface area contributed by atoms with Gasteiger partial charge in [-0.3, -0.25) is 9.59 Å². The smallest absolute Gasteiger partial charge is 0.241 e. The molecule has 0 aliphatic carbocycles. The molecule has 6 nitrogen and oxygen atoms in total. The first-order valence-electron chi connectivity index (χ1n) is 6.59. The molecule has 0 aromatic heterocycles. The van der Waals surface area contributed by atoms with Crippen molar-refractivity contribution in [3.8, 4) is 0 Å². The molecule has 3 atom stereocenters. The minimum atomic E-state index is -3.56. The predicted molar refractivity (Wildman–Crippen MR) is 69.7 cm³/mol. The summed E-state index contributed by atoms with van der Waals surface area (Å²) in [6.45, 7) is 3.96. The summed E-state index contributed by atoms with van der Waals surface area (Å²) in [5.41, 5.74) is 0. The molecule has 2 fully saturated rings. The second kappa shape index (κ2) is 4.77. The van der Waals surface area contributed by atoms with Crippen molar-refractivity contribution in [3.05, 3.63) is 0 Å². The van der Waals surface area contributed by atoms with Gasteiger partial charge < -0.3 is 4.90 Å². The van der Waals surface area contributed by atoms with Crippen molar-refractivity contribution in [2.24, 2.45) is 5.92 Å². The normalized spacial score (nSPS) is 30.9. The number of hydrogen-bond donors (Lipinski definition) is 0. The highest BCUT2D eigenvalue weighted by atomic mass is 32.2. The molecule has 19 heavy (non-hydrogen) atoms. The average molecular weight is 288 g/mol. The van der Waals surface area contributed by atoms with Crippen molar-refractivity contribution in [3.63, 3.8) is 0 Å². The van der Waals surface area contributed by atoms with E-state index in [4.69, 9.17) is 0 Å². The van der Waals surface area contributed by atoms with E-state index in [0.717, 1.165) is 17.0 Å². The average Bonchev–Trinajstić information content (AvgIpc) is 2.77. The maximum Gasteiger partial charge on any atom is 0.241 e. The van der Waals surface area contributed by atoms with Crippen LogP contribution in [-0.4, -0.2) is 54.3 Å². The number of hydrogen-bond acceptors (Lipinski definition) is 4. The molecule has 7 heteroatoms. The molecule has 2 saturated heterocycles. The fourth-order valence-corrected chi connectivity index (χ4v) is 4.58. The lowest BCUT2D eigenvalue weighted by Crippen LogP contribution is -2.42. The highest BCUT2D eigenvalue weighted by Gasteiger charge is 2.56. The van der Waals surface area contributed by atoms with Gasteiger partial charge in [-0.15, -0.1) is 0 Å². The van der Waals surface area contributed by atoms with Gasteiger partial charge in [-0.05, 0) is 12.8 Å². The highest BCUT2D eigenvalue weighted by Crippen LogP contribution is 2.39. The first kappa shape index (κ1) is 14.3. The third-order valence-corrected chi connectivity index (χ3v) is 5.19. The van der Waals surface area contributed by atoms with E-state index in [1.54, 1.807) is 4.90 Å². The molecule has 0 radical (unpaired) electrons. The van der Waals surface area contributed by atoms with E-state index in [2.05, 4.69) is 0 Å². The fraction of sp³-hybridized carbons (Fsp3) is 0.833. The van der Waals surface area contributed by atoms with Crippen LogP contribution in [0.1, 0.15) is 33.1 Å². The summed E-state index contributed by atoms with van der Waals surface area (Å²) in [6.07, 6.45) is 3.02. The molecule has 2 rings (SSSR count). The van der Waals surface area contributed by atoms with Gasteiger partial charge in [0.2, 0.25) is 21.8 Å². The van der Waals surface area contributed by atoms with Crippen LogP contribution in [0.25, 0.3) is 0 Å². The summed E-state index contributed by atoms with van der Waals surface area (Å²) in [4.78, 5) is 25.6. The molecule has 2 amide bonds. The number of fused-ring (bicyclic) bond motifs is 1. The van der Waals surface area contributed by atoms with Gasteiger partial charge >= 0.3 is 0 Å². The Morgan fingerprint density at radius 2 is 2.05 bits per heavy atom. The summed E-state index contributed by atoms with van der Waals surface area (Å²) < 4.78 is 24.6.